The number of carbonyl (C=O) groups excluding carboxylic acids is 1. The molecule has 1 aliphatic rings. The van der Waals surface area contributed by atoms with Crippen molar-refractivity contribution in [3.8, 4) is 0 Å². The van der Waals surface area contributed by atoms with Crippen molar-refractivity contribution in [3.63, 3.8) is 0 Å². The largest absolute Gasteiger partial charge is 0.321 e. The van der Waals surface area contributed by atoms with Crippen molar-refractivity contribution in [2.24, 2.45) is 5.92 Å². The van der Waals surface area contributed by atoms with Gasteiger partial charge in [-0.3, -0.25) is 10.1 Å². The minimum Gasteiger partial charge on any atom is -0.321 e. The predicted octanol–water partition coefficient (Wildman–Crippen LogP) is 1.59. The molecule has 0 radical (unpaired) electrons. The summed E-state index contributed by atoms with van der Waals surface area (Å²) in [6.07, 6.45) is 1.01. The second-order valence-corrected chi connectivity index (χ2v) is 5.08. The third-order valence-electron chi connectivity index (χ3n) is 2.74. The molecule has 82 valence electrons. The van der Waals surface area contributed by atoms with Crippen molar-refractivity contribution in [1.82, 2.24) is 10.2 Å². The average molecular weight is 198 g/mol. The van der Waals surface area contributed by atoms with Crippen molar-refractivity contribution in [2.45, 2.75) is 52.7 Å². The zero-order valence-corrected chi connectivity index (χ0v) is 9.92. The third kappa shape index (κ3) is 2.08. The number of hydrogen-bond acceptors (Lipinski definition) is 2. The van der Waals surface area contributed by atoms with Gasteiger partial charge in [-0.15, -0.1) is 0 Å². The quantitative estimate of drug-likeness (QED) is 0.747. The van der Waals surface area contributed by atoms with Crippen LogP contribution in [-0.4, -0.2) is 29.1 Å². The van der Waals surface area contributed by atoms with Gasteiger partial charge in [0.15, 0.2) is 0 Å². The van der Waals surface area contributed by atoms with E-state index in [1.165, 1.54) is 0 Å². The van der Waals surface area contributed by atoms with Crippen molar-refractivity contribution < 1.29 is 4.79 Å². The molecule has 1 unspecified atom stereocenters. The lowest BCUT2D eigenvalue weighted by atomic mass is 9.97. The van der Waals surface area contributed by atoms with Gasteiger partial charge in [0.1, 0.15) is 0 Å². The number of nitrogens with zero attached hydrogens (tertiary/aromatic N) is 1. The Morgan fingerprint density at radius 3 is 2.43 bits per heavy atom. The maximum absolute atomic E-state index is 11.7. The summed E-state index contributed by atoms with van der Waals surface area (Å²) < 4.78 is 0. The Morgan fingerprint density at radius 1 is 1.43 bits per heavy atom. The van der Waals surface area contributed by atoms with Crippen LogP contribution >= 0.6 is 0 Å². The SMILES string of the molecule is CC(C)CC1(C)NCC(=O)N1C(C)C. The molecule has 1 amide bonds. The van der Waals surface area contributed by atoms with E-state index in [0.29, 0.717) is 12.5 Å². The fourth-order valence-electron chi connectivity index (χ4n) is 2.53. The Kier molecular flexibility index (Phi) is 3.20. The molecule has 0 aliphatic carbocycles. The van der Waals surface area contributed by atoms with Crippen LogP contribution in [0.1, 0.15) is 41.0 Å². The first kappa shape index (κ1) is 11.5. The van der Waals surface area contributed by atoms with Crippen LogP contribution < -0.4 is 5.32 Å². The number of nitrogens with one attached hydrogen (secondary N) is 1. The second-order valence-electron chi connectivity index (χ2n) is 5.08. The van der Waals surface area contributed by atoms with Gasteiger partial charge >= 0.3 is 0 Å². The van der Waals surface area contributed by atoms with Crippen LogP contribution in [0.2, 0.25) is 0 Å². The van der Waals surface area contributed by atoms with Crippen LogP contribution in [0.25, 0.3) is 0 Å². The first-order chi connectivity index (χ1) is 6.37. The fraction of sp³-hybridized carbons (Fsp3) is 0.909. The van der Waals surface area contributed by atoms with Gasteiger partial charge in [-0.2, -0.15) is 0 Å². The van der Waals surface area contributed by atoms with Crippen LogP contribution in [0, 0.1) is 5.92 Å². The monoisotopic (exact) mass is 198 g/mol. The highest BCUT2D eigenvalue weighted by molar-refractivity contribution is 5.81. The number of carbonyl (C=O) groups is 1. The zero-order chi connectivity index (χ0) is 10.9. The summed E-state index contributed by atoms with van der Waals surface area (Å²) >= 11 is 0. The lowest BCUT2D eigenvalue weighted by Gasteiger charge is -2.39. The molecule has 1 aliphatic heterocycles. The number of hydrogen-bond donors (Lipinski definition) is 1. The minimum absolute atomic E-state index is 0.139. The van der Waals surface area contributed by atoms with Gasteiger partial charge in [0.2, 0.25) is 5.91 Å². The topological polar surface area (TPSA) is 32.3 Å². The Hall–Kier alpha value is -0.570. The second kappa shape index (κ2) is 3.89. The summed E-state index contributed by atoms with van der Waals surface area (Å²) in [4.78, 5) is 13.7. The molecule has 0 bridgehead atoms. The van der Waals surface area contributed by atoms with E-state index in [1.54, 1.807) is 0 Å². The van der Waals surface area contributed by atoms with E-state index >= 15 is 0 Å². The van der Waals surface area contributed by atoms with E-state index in [-0.39, 0.29) is 17.6 Å². The van der Waals surface area contributed by atoms with Crippen LogP contribution in [0.5, 0.6) is 0 Å². The smallest absolute Gasteiger partial charge is 0.238 e. The normalized spacial score (nSPS) is 28.2. The molecule has 1 atom stereocenters. The summed E-state index contributed by atoms with van der Waals surface area (Å²) in [5, 5.41) is 3.32. The number of amides is 1. The van der Waals surface area contributed by atoms with E-state index in [9.17, 15) is 4.79 Å². The third-order valence-corrected chi connectivity index (χ3v) is 2.74. The molecule has 1 saturated heterocycles. The molecule has 0 spiro atoms. The van der Waals surface area contributed by atoms with Crippen LogP contribution in [-0.2, 0) is 4.79 Å². The molecule has 0 saturated carbocycles. The first-order valence-corrected chi connectivity index (χ1v) is 5.44. The molecule has 3 heteroatoms. The standard InChI is InChI=1S/C11H22N2O/c1-8(2)6-11(5)12-7-10(14)13(11)9(3)4/h8-9,12H,6-7H2,1-5H3. The van der Waals surface area contributed by atoms with Gasteiger partial charge in [-0.1, -0.05) is 13.8 Å². The van der Waals surface area contributed by atoms with Gasteiger partial charge < -0.3 is 4.90 Å². The highest BCUT2D eigenvalue weighted by atomic mass is 16.2. The predicted molar refractivity (Wildman–Crippen MR) is 57.8 cm³/mol. The lowest BCUT2D eigenvalue weighted by Crippen LogP contribution is -2.53. The summed E-state index contributed by atoms with van der Waals surface area (Å²) in [5.41, 5.74) is -0.139. The molecule has 3 nitrogen and oxygen atoms in total. The summed E-state index contributed by atoms with van der Waals surface area (Å²) in [5.74, 6) is 0.822. The molecule has 0 aromatic rings. The summed E-state index contributed by atoms with van der Waals surface area (Å²) in [6.45, 7) is 11.1. The molecule has 0 aromatic heterocycles. The van der Waals surface area contributed by atoms with Crippen LogP contribution in [0.4, 0.5) is 0 Å². The molecule has 1 N–H and O–H groups in total. The Morgan fingerprint density at radius 2 is 2.00 bits per heavy atom. The van der Waals surface area contributed by atoms with E-state index in [4.69, 9.17) is 0 Å². The Bertz CT molecular complexity index is 225. The summed E-state index contributed by atoms with van der Waals surface area (Å²) in [7, 11) is 0. The molecule has 1 fully saturated rings. The van der Waals surface area contributed by atoms with Crippen molar-refractivity contribution in [2.75, 3.05) is 6.54 Å². The number of rotatable bonds is 3. The van der Waals surface area contributed by atoms with Crippen molar-refractivity contribution in [1.29, 1.82) is 0 Å². The van der Waals surface area contributed by atoms with E-state index < -0.39 is 0 Å². The van der Waals surface area contributed by atoms with Gasteiger partial charge in [-0.05, 0) is 33.1 Å². The van der Waals surface area contributed by atoms with Gasteiger partial charge in [0.25, 0.3) is 0 Å². The van der Waals surface area contributed by atoms with E-state index in [2.05, 4.69) is 39.9 Å². The van der Waals surface area contributed by atoms with Crippen LogP contribution in [0.3, 0.4) is 0 Å². The highest BCUT2D eigenvalue weighted by Crippen LogP contribution is 2.27. The average Bonchev–Trinajstić information content (AvgIpc) is 2.24. The van der Waals surface area contributed by atoms with E-state index in [0.717, 1.165) is 6.42 Å². The van der Waals surface area contributed by atoms with Crippen molar-refractivity contribution >= 4 is 5.91 Å². The minimum atomic E-state index is -0.139. The molecular formula is C11H22N2O. The molecule has 1 heterocycles. The van der Waals surface area contributed by atoms with Gasteiger partial charge in [0.05, 0.1) is 12.2 Å². The van der Waals surface area contributed by atoms with Crippen LogP contribution in [0.15, 0.2) is 0 Å². The van der Waals surface area contributed by atoms with E-state index in [1.807, 2.05) is 4.90 Å². The first-order valence-electron chi connectivity index (χ1n) is 5.44. The highest BCUT2D eigenvalue weighted by Gasteiger charge is 2.42. The van der Waals surface area contributed by atoms with Gasteiger partial charge in [-0.25, -0.2) is 0 Å². The lowest BCUT2D eigenvalue weighted by molar-refractivity contribution is -0.132. The molecule has 0 aromatic carbocycles. The maximum Gasteiger partial charge on any atom is 0.238 e. The molecule has 14 heavy (non-hydrogen) atoms. The summed E-state index contributed by atoms with van der Waals surface area (Å²) in [6, 6.07) is 0.279. The molecule has 1 rings (SSSR count). The maximum atomic E-state index is 11.7. The fourth-order valence-corrected chi connectivity index (χ4v) is 2.53. The molecular weight excluding hydrogens is 176 g/mol. The Labute approximate surface area is 86.9 Å². The Balaban J connectivity index is 2.81. The zero-order valence-electron chi connectivity index (χ0n) is 9.92. The van der Waals surface area contributed by atoms with Gasteiger partial charge in [0, 0.05) is 6.04 Å². The van der Waals surface area contributed by atoms with Crippen molar-refractivity contribution in [3.05, 3.63) is 0 Å².